The summed E-state index contributed by atoms with van der Waals surface area (Å²) in [4.78, 5) is 16.2. The number of nitrogens with zero attached hydrogens (tertiary/aromatic N) is 1. The summed E-state index contributed by atoms with van der Waals surface area (Å²) >= 11 is 1.66. The second-order valence-corrected chi connectivity index (χ2v) is 7.14. The zero-order chi connectivity index (χ0) is 19.1. The van der Waals surface area contributed by atoms with Gasteiger partial charge >= 0.3 is 0 Å². The van der Waals surface area contributed by atoms with Crippen LogP contribution in [0.5, 0.6) is 11.5 Å². The van der Waals surface area contributed by atoms with E-state index in [9.17, 15) is 4.79 Å². The Hall–Kier alpha value is -2.79. The number of hydrogen-bond acceptors (Lipinski definition) is 4. The Bertz CT molecular complexity index is 863. The molecule has 1 amide bonds. The Morgan fingerprint density at radius 2 is 1.74 bits per heavy atom. The van der Waals surface area contributed by atoms with Crippen LogP contribution in [0.15, 0.2) is 66.0 Å². The Morgan fingerprint density at radius 1 is 0.963 bits per heavy atom. The molecule has 1 heterocycles. The molecule has 4 nitrogen and oxygen atoms in total. The van der Waals surface area contributed by atoms with Crippen molar-refractivity contribution in [3.63, 3.8) is 0 Å². The summed E-state index contributed by atoms with van der Waals surface area (Å²) in [5, 5.41) is 2.03. The molecule has 0 N–H and O–H groups in total. The number of rotatable bonds is 8. The van der Waals surface area contributed by atoms with Crippen LogP contribution in [-0.4, -0.2) is 31.6 Å². The fraction of sp³-hybridized carbons (Fsp3) is 0.227. The van der Waals surface area contributed by atoms with E-state index in [1.165, 1.54) is 5.56 Å². The second kappa shape index (κ2) is 9.24. The zero-order valence-electron chi connectivity index (χ0n) is 15.6. The van der Waals surface area contributed by atoms with Crippen molar-refractivity contribution in [1.29, 1.82) is 0 Å². The maximum absolute atomic E-state index is 13.2. The first-order chi connectivity index (χ1) is 13.2. The quantitative estimate of drug-likeness (QED) is 0.570. The van der Waals surface area contributed by atoms with Gasteiger partial charge < -0.3 is 14.4 Å². The van der Waals surface area contributed by atoms with Crippen molar-refractivity contribution < 1.29 is 14.3 Å². The molecule has 5 heteroatoms. The van der Waals surface area contributed by atoms with Gasteiger partial charge in [-0.3, -0.25) is 4.79 Å². The number of amides is 1. The Balaban J connectivity index is 1.81. The average Bonchev–Trinajstić information content (AvgIpc) is 3.24. The maximum Gasteiger partial charge on any atom is 0.254 e. The minimum Gasteiger partial charge on any atom is -0.493 e. The van der Waals surface area contributed by atoms with E-state index in [0.29, 0.717) is 30.2 Å². The van der Waals surface area contributed by atoms with Gasteiger partial charge in [-0.25, -0.2) is 0 Å². The number of hydrogen-bond donors (Lipinski definition) is 0. The van der Waals surface area contributed by atoms with E-state index in [-0.39, 0.29) is 5.91 Å². The van der Waals surface area contributed by atoms with E-state index in [2.05, 4.69) is 18.2 Å². The molecule has 0 bridgehead atoms. The number of benzene rings is 2. The highest BCUT2D eigenvalue weighted by Gasteiger charge is 2.18. The van der Waals surface area contributed by atoms with E-state index in [1.54, 1.807) is 43.8 Å². The first-order valence-corrected chi connectivity index (χ1v) is 9.67. The number of carbonyl (C=O) groups is 1. The molecule has 0 aliphatic rings. The number of methoxy groups -OCH3 is 2. The minimum atomic E-state index is -0.0136. The fourth-order valence-electron chi connectivity index (χ4n) is 2.90. The van der Waals surface area contributed by atoms with Gasteiger partial charge in [0.15, 0.2) is 11.5 Å². The summed E-state index contributed by atoms with van der Waals surface area (Å²) in [5.41, 5.74) is 1.81. The SMILES string of the molecule is COc1ccc(C(=O)N(CCc2ccccc2)Cc2cccs2)cc1OC. The van der Waals surface area contributed by atoms with Gasteiger partial charge in [0.1, 0.15) is 0 Å². The summed E-state index contributed by atoms with van der Waals surface area (Å²) in [7, 11) is 3.16. The van der Waals surface area contributed by atoms with Crippen molar-refractivity contribution in [1.82, 2.24) is 4.90 Å². The Kier molecular flexibility index (Phi) is 6.49. The molecule has 140 valence electrons. The van der Waals surface area contributed by atoms with Crippen molar-refractivity contribution in [3.8, 4) is 11.5 Å². The van der Waals surface area contributed by atoms with Crippen LogP contribution in [0.4, 0.5) is 0 Å². The van der Waals surface area contributed by atoms with Crippen LogP contribution < -0.4 is 9.47 Å². The van der Waals surface area contributed by atoms with Crippen molar-refractivity contribution in [2.45, 2.75) is 13.0 Å². The summed E-state index contributed by atoms with van der Waals surface area (Å²) in [5.74, 6) is 1.16. The molecule has 0 fully saturated rings. The van der Waals surface area contributed by atoms with E-state index in [1.807, 2.05) is 34.5 Å². The maximum atomic E-state index is 13.2. The Morgan fingerprint density at radius 3 is 2.41 bits per heavy atom. The highest BCUT2D eigenvalue weighted by molar-refractivity contribution is 7.09. The molecule has 1 aromatic heterocycles. The van der Waals surface area contributed by atoms with Gasteiger partial charge in [0.25, 0.3) is 5.91 Å². The number of thiophene rings is 1. The van der Waals surface area contributed by atoms with Crippen LogP contribution in [0.2, 0.25) is 0 Å². The highest BCUT2D eigenvalue weighted by atomic mass is 32.1. The monoisotopic (exact) mass is 381 g/mol. The third-order valence-corrected chi connectivity index (χ3v) is 5.22. The molecule has 0 saturated heterocycles. The van der Waals surface area contributed by atoms with Gasteiger partial charge in [0, 0.05) is 17.0 Å². The van der Waals surface area contributed by atoms with Crippen LogP contribution in [0.1, 0.15) is 20.8 Å². The second-order valence-electron chi connectivity index (χ2n) is 6.11. The lowest BCUT2D eigenvalue weighted by Gasteiger charge is -2.23. The van der Waals surface area contributed by atoms with E-state index >= 15 is 0 Å². The van der Waals surface area contributed by atoms with Crippen molar-refractivity contribution >= 4 is 17.2 Å². The van der Waals surface area contributed by atoms with Crippen LogP contribution in [0.25, 0.3) is 0 Å². The average molecular weight is 381 g/mol. The van der Waals surface area contributed by atoms with Crippen molar-refractivity contribution in [3.05, 3.63) is 82.0 Å². The third-order valence-electron chi connectivity index (χ3n) is 4.36. The summed E-state index contributed by atoms with van der Waals surface area (Å²) in [6, 6.07) is 19.6. The molecule has 0 aliphatic heterocycles. The van der Waals surface area contributed by atoms with E-state index in [4.69, 9.17) is 9.47 Å². The van der Waals surface area contributed by atoms with Crippen molar-refractivity contribution in [2.24, 2.45) is 0 Å². The first-order valence-electron chi connectivity index (χ1n) is 8.79. The molecule has 27 heavy (non-hydrogen) atoms. The van der Waals surface area contributed by atoms with Gasteiger partial charge in [-0.15, -0.1) is 11.3 Å². The van der Waals surface area contributed by atoms with Gasteiger partial charge in [-0.05, 0) is 41.6 Å². The van der Waals surface area contributed by atoms with E-state index < -0.39 is 0 Å². The molecular weight excluding hydrogens is 358 g/mol. The Labute approximate surface area is 164 Å². The van der Waals surface area contributed by atoms with Gasteiger partial charge in [-0.1, -0.05) is 36.4 Å². The molecule has 0 radical (unpaired) electrons. The summed E-state index contributed by atoms with van der Waals surface area (Å²) < 4.78 is 10.6. The predicted molar refractivity (Wildman–Crippen MR) is 109 cm³/mol. The van der Waals surface area contributed by atoms with Crippen LogP contribution >= 0.6 is 11.3 Å². The molecule has 0 unspecified atom stereocenters. The van der Waals surface area contributed by atoms with Crippen LogP contribution in [0, 0.1) is 0 Å². The molecule has 3 aromatic rings. The normalized spacial score (nSPS) is 10.4. The molecular formula is C22H23NO3S. The molecule has 0 spiro atoms. The molecule has 0 aliphatic carbocycles. The third kappa shape index (κ3) is 4.89. The lowest BCUT2D eigenvalue weighted by molar-refractivity contribution is 0.0746. The van der Waals surface area contributed by atoms with E-state index in [0.717, 1.165) is 11.3 Å². The molecule has 3 rings (SSSR count). The van der Waals surface area contributed by atoms with Gasteiger partial charge in [-0.2, -0.15) is 0 Å². The van der Waals surface area contributed by atoms with Crippen molar-refractivity contribution in [2.75, 3.05) is 20.8 Å². The topological polar surface area (TPSA) is 38.8 Å². The lowest BCUT2D eigenvalue weighted by atomic mass is 10.1. The number of carbonyl (C=O) groups excluding carboxylic acids is 1. The fourth-order valence-corrected chi connectivity index (χ4v) is 3.62. The molecule has 2 aromatic carbocycles. The largest absolute Gasteiger partial charge is 0.493 e. The molecule has 0 atom stereocenters. The standard InChI is InChI=1S/C22H23NO3S/c1-25-20-11-10-18(15-21(20)26-2)22(24)23(16-19-9-6-14-27-19)13-12-17-7-4-3-5-8-17/h3-11,14-15H,12-13,16H2,1-2H3. The summed E-state index contributed by atoms with van der Waals surface area (Å²) in [6.07, 6.45) is 0.811. The first kappa shape index (κ1) is 19.0. The zero-order valence-corrected chi connectivity index (χ0v) is 16.4. The smallest absolute Gasteiger partial charge is 0.254 e. The number of ether oxygens (including phenoxy) is 2. The van der Waals surface area contributed by atoms with Crippen LogP contribution in [0.3, 0.4) is 0 Å². The van der Waals surface area contributed by atoms with Gasteiger partial charge in [0.2, 0.25) is 0 Å². The predicted octanol–water partition coefficient (Wildman–Crippen LogP) is 4.65. The summed E-state index contributed by atoms with van der Waals surface area (Å²) in [6.45, 7) is 1.24. The molecule has 0 saturated carbocycles. The lowest BCUT2D eigenvalue weighted by Crippen LogP contribution is -2.32. The van der Waals surface area contributed by atoms with Gasteiger partial charge in [0.05, 0.1) is 20.8 Å². The minimum absolute atomic E-state index is 0.0136. The van der Waals surface area contributed by atoms with Crippen LogP contribution in [-0.2, 0) is 13.0 Å². The highest BCUT2D eigenvalue weighted by Crippen LogP contribution is 2.28.